The highest BCUT2D eigenvalue weighted by Crippen LogP contribution is 2.06. The molecule has 1 N–H and O–H groups in total. The van der Waals surface area contributed by atoms with E-state index in [0.717, 1.165) is 12.1 Å². The quantitative estimate of drug-likeness (QED) is 0.770. The first-order chi connectivity index (χ1) is 7.76. The van der Waals surface area contributed by atoms with Crippen molar-refractivity contribution >= 4 is 12.0 Å². The van der Waals surface area contributed by atoms with Gasteiger partial charge in [-0.05, 0) is 18.2 Å². The lowest BCUT2D eigenvalue weighted by Crippen LogP contribution is -2.04. The molecule has 16 heavy (non-hydrogen) atoms. The van der Waals surface area contributed by atoms with Gasteiger partial charge < -0.3 is 10.1 Å². The molecule has 0 spiro atoms. The summed E-state index contributed by atoms with van der Waals surface area (Å²) in [6, 6.07) is 8.18. The Morgan fingerprint density at radius 1 is 1.38 bits per heavy atom. The molecule has 0 saturated carbocycles. The van der Waals surface area contributed by atoms with Crippen LogP contribution in [0, 0.1) is 0 Å². The fraction of sp³-hybridized carbons (Fsp3) is 0.308. The third kappa shape index (κ3) is 4.28. The SMILES string of the molecule is CNCc1ccc(C=CCC(=O)OC)cc1. The molecule has 1 aromatic rings. The number of rotatable bonds is 5. The van der Waals surface area contributed by atoms with Gasteiger partial charge in [0.05, 0.1) is 13.5 Å². The van der Waals surface area contributed by atoms with Gasteiger partial charge in [0.1, 0.15) is 0 Å². The molecule has 3 heteroatoms. The van der Waals surface area contributed by atoms with Gasteiger partial charge in [0.25, 0.3) is 0 Å². The third-order valence-electron chi connectivity index (χ3n) is 2.18. The summed E-state index contributed by atoms with van der Waals surface area (Å²) in [5, 5.41) is 3.09. The smallest absolute Gasteiger partial charge is 0.309 e. The van der Waals surface area contributed by atoms with Gasteiger partial charge in [0.15, 0.2) is 0 Å². The van der Waals surface area contributed by atoms with Crippen molar-refractivity contribution in [2.75, 3.05) is 14.2 Å². The number of hydrogen-bond donors (Lipinski definition) is 1. The zero-order chi connectivity index (χ0) is 11.8. The number of nitrogens with one attached hydrogen (secondary N) is 1. The summed E-state index contributed by atoms with van der Waals surface area (Å²) >= 11 is 0. The van der Waals surface area contributed by atoms with Gasteiger partial charge in [0.2, 0.25) is 0 Å². The Balaban J connectivity index is 2.51. The van der Waals surface area contributed by atoms with Crippen molar-refractivity contribution in [2.45, 2.75) is 13.0 Å². The monoisotopic (exact) mass is 219 g/mol. The van der Waals surface area contributed by atoms with E-state index in [1.54, 1.807) is 6.08 Å². The van der Waals surface area contributed by atoms with Crippen LogP contribution in [0.5, 0.6) is 0 Å². The molecule has 0 aliphatic carbocycles. The van der Waals surface area contributed by atoms with E-state index in [-0.39, 0.29) is 5.97 Å². The first kappa shape index (κ1) is 12.5. The maximum atomic E-state index is 10.9. The summed E-state index contributed by atoms with van der Waals surface area (Å²) in [5.74, 6) is -0.219. The molecule has 0 aliphatic heterocycles. The molecule has 0 atom stereocenters. The number of methoxy groups -OCH3 is 1. The van der Waals surface area contributed by atoms with Gasteiger partial charge >= 0.3 is 5.97 Å². The van der Waals surface area contributed by atoms with Crippen LogP contribution >= 0.6 is 0 Å². The maximum absolute atomic E-state index is 10.9. The lowest BCUT2D eigenvalue weighted by atomic mass is 10.1. The Morgan fingerprint density at radius 3 is 2.62 bits per heavy atom. The number of hydrogen-bond acceptors (Lipinski definition) is 3. The highest BCUT2D eigenvalue weighted by Gasteiger charge is 1.94. The zero-order valence-electron chi connectivity index (χ0n) is 9.69. The van der Waals surface area contributed by atoms with E-state index in [0.29, 0.717) is 6.42 Å². The van der Waals surface area contributed by atoms with Crippen LogP contribution in [0.1, 0.15) is 17.5 Å². The first-order valence-corrected chi connectivity index (χ1v) is 5.23. The van der Waals surface area contributed by atoms with Crippen LogP contribution in [0.4, 0.5) is 0 Å². The van der Waals surface area contributed by atoms with Gasteiger partial charge in [-0.15, -0.1) is 0 Å². The summed E-state index contributed by atoms with van der Waals surface area (Å²) in [7, 11) is 3.31. The van der Waals surface area contributed by atoms with Gasteiger partial charge in [-0.25, -0.2) is 0 Å². The molecule has 0 bridgehead atoms. The Kier molecular flexibility index (Phi) is 5.29. The number of carbonyl (C=O) groups excluding carboxylic acids is 1. The van der Waals surface area contributed by atoms with Gasteiger partial charge in [-0.3, -0.25) is 4.79 Å². The largest absolute Gasteiger partial charge is 0.469 e. The van der Waals surface area contributed by atoms with E-state index in [1.807, 2.05) is 25.3 Å². The van der Waals surface area contributed by atoms with Crippen molar-refractivity contribution in [3.05, 3.63) is 41.5 Å². The highest BCUT2D eigenvalue weighted by atomic mass is 16.5. The Hall–Kier alpha value is -1.61. The Morgan fingerprint density at radius 2 is 2.06 bits per heavy atom. The Bertz CT molecular complexity index is 355. The fourth-order valence-corrected chi connectivity index (χ4v) is 1.33. The van der Waals surface area contributed by atoms with Crippen LogP contribution < -0.4 is 5.32 Å². The summed E-state index contributed by atoms with van der Waals surface area (Å²) < 4.78 is 4.54. The molecule has 1 rings (SSSR count). The second-order valence-corrected chi connectivity index (χ2v) is 3.45. The molecule has 0 unspecified atom stereocenters. The van der Waals surface area contributed by atoms with Crippen LogP contribution in [-0.4, -0.2) is 20.1 Å². The molecular weight excluding hydrogens is 202 g/mol. The lowest BCUT2D eigenvalue weighted by Gasteiger charge is -2.00. The van der Waals surface area contributed by atoms with Gasteiger partial charge in [0, 0.05) is 6.54 Å². The van der Waals surface area contributed by atoms with Crippen LogP contribution in [-0.2, 0) is 16.1 Å². The molecule has 1 aromatic carbocycles. The second kappa shape index (κ2) is 6.80. The van der Waals surface area contributed by atoms with E-state index >= 15 is 0 Å². The minimum atomic E-state index is -0.219. The van der Waals surface area contributed by atoms with E-state index in [2.05, 4.69) is 22.2 Å². The van der Waals surface area contributed by atoms with Crippen LogP contribution in [0.3, 0.4) is 0 Å². The number of carbonyl (C=O) groups is 1. The molecular formula is C13H17NO2. The van der Waals surface area contributed by atoms with Crippen molar-refractivity contribution in [2.24, 2.45) is 0 Å². The molecule has 0 amide bonds. The number of ether oxygens (including phenoxy) is 1. The summed E-state index contributed by atoms with van der Waals surface area (Å²) in [5.41, 5.74) is 2.33. The number of benzene rings is 1. The predicted octanol–water partition coefficient (Wildman–Crippen LogP) is 1.98. The average molecular weight is 219 g/mol. The first-order valence-electron chi connectivity index (χ1n) is 5.23. The van der Waals surface area contributed by atoms with Gasteiger partial charge in [-0.1, -0.05) is 36.4 Å². The molecule has 3 nitrogen and oxygen atoms in total. The molecule has 86 valence electrons. The van der Waals surface area contributed by atoms with E-state index in [9.17, 15) is 4.79 Å². The van der Waals surface area contributed by atoms with Gasteiger partial charge in [-0.2, -0.15) is 0 Å². The Labute approximate surface area is 96.1 Å². The van der Waals surface area contributed by atoms with Crippen molar-refractivity contribution in [3.63, 3.8) is 0 Å². The van der Waals surface area contributed by atoms with Crippen molar-refractivity contribution in [1.82, 2.24) is 5.32 Å². The highest BCUT2D eigenvalue weighted by molar-refractivity contribution is 5.72. The summed E-state index contributed by atoms with van der Waals surface area (Å²) in [6.07, 6.45) is 4.04. The molecule has 0 saturated heterocycles. The molecule has 0 heterocycles. The average Bonchev–Trinajstić information content (AvgIpc) is 2.31. The maximum Gasteiger partial charge on any atom is 0.309 e. The minimum Gasteiger partial charge on any atom is -0.469 e. The topological polar surface area (TPSA) is 38.3 Å². The zero-order valence-corrected chi connectivity index (χ0v) is 9.69. The second-order valence-electron chi connectivity index (χ2n) is 3.45. The lowest BCUT2D eigenvalue weighted by molar-refractivity contribution is -0.139. The third-order valence-corrected chi connectivity index (χ3v) is 2.18. The minimum absolute atomic E-state index is 0.219. The summed E-state index contributed by atoms with van der Waals surface area (Å²) in [6.45, 7) is 0.867. The van der Waals surface area contributed by atoms with Crippen molar-refractivity contribution in [3.8, 4) is 0 Å². The molecule has 0 aliphatic rings. The van der Waals surface area contributed by atoms with E-state index < -0.39 is 0 Å². The van der Waals surface area contributed by atoms with Crippen molar-refractivity contribution < 1.29 is 9.53 Å². The predicted molar refractivity (Wildman–Crippen MR) is 64.9 cm³/mol. The van der Waals surface area contributed by atoms with Crippen LogP contribution in [0.15, 0.2) is 30.3 Å². The summed E-state index contributed by atoms with van der Waals surface area (Å²) in [4.78, 5) is 10.9. The van der Waals surface area contributed by atoms with Crippen LogP contribution in [0.2, 0.25) is 0 Å². The number of esters is 1. The normalized spacial score (nSPS) is 10.6. The van der Waals surface area contributed by atoms with Crippen molar-refractivity contribution in [1.29, 1.82) is 0 Å². The van der Waals surface area contributed by atoms with E-state index in [1.165, 1.54) is 12.7 Å². The molecule has 0 aromatic heterocycles. The van der Waals surface area contributed by atoms with E-state index in [4.69, 9.17) is 0 Å². The standard InChI is InChI=1S/C13H17NO2/c1-14-10-12-8-6-11(7-9-12)4-3-5-13(15)16-2/h3-4,6-9,14H,5,10H2,1-2H3. The molecule has 0 fully saturated rings. The van der Waals surface area contributed by atoms with Crippen LogP contribution in [0.25, 0.3) is 6.08 Å². The fourth-order valence-electron chi connectivity index (χ4n) is 1.33. The molecule has 0 radical (unpaired) electrons.